The maximum Gasteiger partial charge on any atom is 0.319 e. The van der Waals surface area contributed by atoms with Gasteiger partial charge in [-0.25, -0.2) is 13.6 Å². The zero-order valence-electron chi connectivity index (χ0n) is 12.4. The molecular weight excluding hydrogens is 300 g/mol. The fraction of sp³-hybridized carbons (Fsp3) is 0.235. The summed E-state index contributed by atoms with van der Waals surface area (Å²) in [5, 5.41) is 5.23. The molecule has 0 spiro atoms. The summed E-state index contributed by atoms with van der Waals surface area (Å²) in [7, 11) is 0. The Kier molecular flexibility index (Phi) is 4.41. The molecule has 1 unspecified atom stereocenters. The van der Waals surface area contributed by atoms with Gasteiger partial charge in [0, 0.05) is 30.9 Å². The van der Waals surface area contributed by atoms with Crippen LogP contribution in [0.1, 0.15) is 6.42 Å². The maximum atomic E-state index is 13.5. The van der Waals surface area contributed by atoms with Crippen molar-refractivity contribution in [1.82, 2.24) is 5.32 Å². The van der Waals surface area contributed by atoms with Crippen LogP contribution in [0.4, 0.5) is 25.0 Å². The highest BCUT2D eigenvalue weighted by molar-refractivity contribution is 5.89. The molecule has 2 amide bonds. The Morgan fingerprint density at radius 2 is 1.91 bits per heavy atom. The number of halogens is 2. The van der Waals surface area contributed by atoms with E-state index in [0.29, 0.717) is 6.54 Å². The van der Waals surface area contributed by atoms with Gasteiger partial charge in [-0.1, -0.05) is 18.2 Å². The second-order valence-electron chi connectivity index (χ2n) is 5.49. The van der Waals surface area contributed by atoms with Gasteiger partial charge in [-0.15, -0.1) is 0 Å². The number of nitrogens with one attached hydrogen (secondary N) is 2. The molecule has 0 radical (unpaired) electrons. The van der Waals surface area contributed by atoms with Crippen molar-refractivity contribution in [2.75, 3.05) is 23.3 Å². The smallest absolute Gasteiger partial charge is 0.319 e. The van der Waals surface area contributed by atoms with Gasteiger partial charge in [0.2, 0.25) is 0 Å². The number of carbonyl (C=O) groups excluding carboxylic acids is 1. The minimum Gasteiger partial charge on any atom is -0.369 e. The van der Waals surface area contributed by atoms with Crippen LogP contribution in [0.25, 0.3) is 0 Å². The normalized spacial score (nSPS) is 17.1. The van der Waals surface area contributed by atoms with Gasteiger partial charge in [-0.05, 0) is 30.7 Å². The van der Waals surface area contributed by atoms with E-state index in [1.807, 2.05) is 30.3 Å². The lowest BCUT2D eigenvalue weighted by Gasteiger charge is -2.19. The van der Waals surface area contributed by atoms with Crippen LogP contribution in [0.3, 0.4) is 0 Å². The van der Waals surface area contributed by atoms with Crippen molar-refractivity contribution in [2.24, 2.45) is 0 Å². The Balaban J connectivity index is 1.55. The highest BCUT2D eigenvalue weighted by atomic mass is 19.1. The summed E-state index contributed by atoms with van der Waals surface area (Å²) in [6.07, 6.45) is 0.814. The zero-order valence-corrected chi connectivity index (χ0v) is 12.4. The van der Waals surface area contributed by atoms with Crippen molar-refractivity contribution >= 4 is 17.4 Å². The number of anilines is 2. The van der Waals surface area contributed by atoms with Crippen LogP contribution in [-0.4, -0.2) is 25.2 Å². The molecule has 0 aliphatic carbocycles. The fourth-order valence-corrected chi connectivity index (χ4v) is 2.69. The Labute approximate surface area is 133 Å². The molecule has 1 heterocycles. The van der Waals surface area contributed by atoms with Crippen LogP contribution in [0.15, 0.2) is 48.5 Å². The number of rotatable bonds is 3. The predicted octanol–water partition coefficient (Wildman–Crippen LogP) is 3.37. The monoisotopic (exact) mass is 317 g/mol. The van der Waals surface area contributed by atoms with Gasteiger partial charge >= 0.3 is 6.03 Å². The van der Waals surface area contributed by atoms with E-state index in [1.165, 1.54) is 6.07 Å². The van der Waals surface area contributed by atoms with E-state index in [9.17, 15) is 13.6 Å². The lowest BCUT2D eigenvalue weighted by Crippen LogP contribution is -2.39. The second-order valence-corrected chi connectivity index (χ2v) is 5.49. The second kappa shape index (κ2) is 6.64. The quantitative estimate of drug-likeness (QED) is 0.911. The molecule has 4 nitrogen and oxygen atoms in total. The topological polar surface area (TPSA) is 44.4 Å². The predicted molar refractivity (Wildman–Crippen MR) is 85.6 cm³/mol. The zero-order chi connectivity index (χ0) is 16.2. The summed E-state index contributed by atoms with van der Waals surface area (Å²) in [5.74, 6) is -1.47. The molecular formula is C17H17F2N3O. The standard InChI is InChI=1S/C17H17F2N3O/c18-12-6-7-16(15(19)10-12)21-17(23)20-13-8-9-22(11-13)14-4-2-1-3-5-14/h1-7,10,13H,8-9,11H2,(H2,20,21,23). The van der Waals surface area contributed by atoms with Crippen LogP contribution in [0, 0.1) is 11.6 Å². The molecule has 1 aliphatic rings. The third kappa shape index (κ3) is 3.77. The summed E-state index contributed by atoms with van der Waals surface area (Å²) in [4.78, 5) is 14.1. The van der Waals surface area contributed by atoms with E-state index in [2.05, 4.69) is 15.5 Å². The molecule has 2 aromatic carbocycles. The third-order valence-electron chi connectivity index (χ3n) is 3.82. The minimum atomic E-state index is -0.794. The summed E-state index contributed by atoms with van der Waals surface area (Å²) >= 11 is 0. The first-order valence-electron chi connectivity index (χ1n) is 7.44. The highest BCUT2D eigenvalue weighted by Gasteiger charge is 2.24. The fourth-order valence-electron chi connectivity index (χ4n) is 2.69. The first kappa shape index (κ1) is 15.3. The largest absolute Gasteiger partial charge is 0.369 e. The molecule has 2 aromatic rings. The molecule has 0 aromatic heterocycles. The third-order valence-corrected chi connectivity index (χ3v) is 3.82. The Hall–Kier alpha value is -2.63. The molecule has 2 N–H and O–H groups in total. The number of amides is 2. The molecule has 6 heteroatoms. The van der Waals surface area contributed by atoms with Gasteiger partial charge < -0.3 is 15.5 Å². The summed E-state index contributed by atoms with van der Waals surface area (Å²) in [6.45, 7) is 1.54. The van der Waals surface area contributed by atoms with Crippen molar-refractivity contribution in [3.8, 4) is 0 Å². The number of benzene rings is 2. The summed E-state index contributed by atoms with van der Waals surface area (Å²) in [5.41, 5.74) is 1.07. The highest BCUT2D eigenvalue weighted by Crippen LogP contribution is 2.20. The lowest BCUT2D eigenvalue weighted by molar-refractivity contribution is 0.249. The van der Waals surface area contributed by atoms with Gasteiger partial charge in [0.1, 0.15) is 11.6 Å². The van der Waals surface area contributed by atoms with Crippen molar-refractivity contribution in [3.05, 3.63) is 60.2 Å². The first-order valence-corrected chi connectivity index (χ1v) is 7.44. The van der Waals surface area contributed by atoms with Gasteiger partial charge in [0.15, 0.2) is 0 Å². The molecule has 120 valence electrons. The summed E-state index contributed by atoms with van der Waals surface area (Å²) in [6, 6.07) is 12.5. The van der Waals surface area contributed by atoms with Crippen molar-refractivity contribution in [2.45, 2.75) is 12.5 Å². The van der Waals surface area contributed by atoms with E-state index >= 15 is 0 Å². The Morgan fingerprint density at radius 3 is 2.65 bits per heavy atom. The van der Waals surface area contributed by atoms with E-state index in [4.69, 9.17) is 0 Å². The van der Waals surface area contributed by atoms with Gasteiger partial charge in [0.25, 0.3) is 0 Å². The number of carbonyl (C=O) groups is 1. The number of hydrogen-bond donors (Lipinski definition) is 2. The van der Waals surface area contributed by atoms with Gasteiger partial charge in [0.05, 0.1) is 5.69 Å². The lowest BCUT2D eigenvalue weighted by atomic mass is 10.2. The van der Waals surface area contributed by atoms with Crippen molar-refractivity contribution in [3.63, 3.8) is 0 Å². The SMILES string of the molecule is O=C(Nc1ccc(F)cc1F)NC1CCN(c2ccccc2)C1. The molecule has 1 atom stereocenters. The molecule has 1 fully saturated rings. The van der Waals surface area contributed by atoms with Crippen LogP contribution in [0.2, 0.25) is 0 Å². The Bertz CT molecular complexity index is 693. The number of hydrogen-bond acceptors (Lipinski definition) is 2. The van der Waals surface area contributed by atoms with E-state index in [0.717, 1.165) is 30.8 Å². The van der Waals surface area contributed by atoms with Gasteiger partial charge in [-0.2, -0.15) is 0 Å². The Morgan fingerprint density at radius 1 is 1.13 bits per heavy atom. The van der Waals surface area contributed by atoms with Crippen LogP contribution in [0.5, 0.6) is 0 Å². The molecule has 1 saturated heterocycles. The molecule has 0 bridgehead atoms. The molecule has 3 rings (SSSR count). The summed E-state index contributed by atoms with van der Waals surface area (Å²) < 4.78 is 26.4. The van der Waals surface area contributed by atoms with Crippen molar-refractivity contribution in [1.29, 1.82) is 0 Å². The average Bonchev–Trinajstić information content (AvgIpc) is 2.99. The van der Waals surface area contributed by atoms with E-state index < -0.39 is 17.7 Å². The van der Waals surface area contributed by atoms with E-state index in [1.54, 1.807) is 0 Å². The van der Waals surface area contributed by atoms with Gasteiger partial charge in [-0.3, -0.25) is 0 Å². The van der Waals surface area contributed by atoms with Crippen LogP contribution in [-0.2, 0) is 0 Å². The van der Waals surface area contributed by atoms with Crippen LogP contribution >= 0.6 is 0 Å². The molecule has 0 saturated carbocycles. The minimum absolute atomic E-state index is 0.0151. The molecule has 1 aliphatic heterocycles. The average molecular weight is 317 g/mol. The number of nitrogens with zero attached hydrogens (tertiary/aromatic N) is 1. The van der Waals surface area contributed by atoms with E-state index in [-0.39, 0.29) is 11.7 Å². The molecule has 23 heavy (non-hydrogen) atoms. The van der Waals surface area contributed by atoms with Crippen LogP contribution < -0.4 is 15.5 Å². The number of para-hydroxylation sites is 1. The maximum absolute atomic E-state index is 13.5. The number of urea groups is 1. The first-order chi connectivity index (χ1) is 11.1. The van der Waals surface area contributed by atoms with Crippen molar-refractivity contribution < 1.29 is 13.6 Å².